The molecule has 2 N–H and O–H groups in total. The Morgan fingerprint density at radius 2 is 1.79 bits per heavy atom. The van der Waals surface area contributed by atoms with Crippen molar-refractivity contribution in [3.63, 3.8) is 0 Å². The molecule has 1 rings (SSSR count). The molecule has 0 saturated carbocycles. The molecule has 0 bridgehead atoms. The predicted octanol–water partition coefficient (Wildman–Crippen LogP) is 4.02. The van der Waals surface area contributed by atoms with Gasteiger partial charge in [0.1, 0.15) is 0 Å². The average Bonchev–Trinajstić information content (AvgIpc) is 2.22. The molecule has 0 aromatic carbocycles. The van der Waals surface area contributed by atoms with E-state index < -0.39 is 0 Å². The summed E-state index contributed by atoms with van der Waals surface area (Å²) >= 11 is 0. The summed E-state index contributed by atoms with van der Waals surface area (Å²) in [6, 6.07) is 1.27. The standard InChI is InChI=1S/C17H34N2/c1-11(2)10-17(13(5)6,15(8)18)19-14(7)9-16(19)12(3)4/h11-14,16H,8-10,18H2,1-7H3. The molecular formula is C17H34N2. The van der Waals surface area contributed by atoms with Gasteiger partial charge in [0.25, 0.3) is 0 Å². The van der Waals surface area contributed by atoms with Crippen molar-refractivity contribution in [3.8, 4) is 0 Å². The lowest BCUT2D eigenvalue weighted by Crippen LogP contribution is -2.70. The largest absolute Gasteiger partial charge is 0.401 e. The van der Waals surface area contributed by atoms with E-state index in [1.54, 1.807) is 0 Å². The smallest absolute Gasteiger partial charge is 0.0630 e. The number of hydrogen-bond acceptors (Lipinski definition) is 2. The molecule has 3 atom stereocenters. The van der Waals surface area contributed by atoms with Gasteiger partial charge < -0.3 is 5.73 Å². The summed E-state index contributed by atoms with van der Waals surface area (Å²) in [5.74, 6) is 1.81. The van der Waals surface area contributed by atoms with E-state index in [4.69, 9.17) is 5.73 Å². The molecule has 2 nitrogen and oxygen atoms in total. The number of likely N-dealkylation sites (tertiary alicyclic amines) is 1. The second-order valence-corrected chi connectivity index (χ2v) is 7.51. The van der Waals surface area contributed by atoms with Crippen LogP contribution in [0.25, 0.3) is 0 Å². The van der Waals surface area contributed by atoms with Crippen LogP contribution in [-0.4, -0.2) is 22.5 Å². The summed E-state index contributed by atoms with van der Waals surface area (Å²) in [4.78, 5) is 2.67. The normalized spacial score (nSPS) is 27.7. The van der Waals surface area contributed by atoms with Gasteiger partial charge in [-0.15, -0.1) is 0 Å². The van der Waals surface area contributed by atoms with E-state index in [0.717, 1.165) is 12.1 Å². The van der Waals surface area contributed by atoms with Gasteiger partial charge in [0.05, 0.1) is 5.54 Å². The molecule has 1 aliphatic rings. The number of hydrogen-bond donors (Lipinski definition) is 1. The van der Waals surface area contributed by atoms with Crippen LogP contribution in [0.1, 0.15) is 61.3 Å². The van der Waals surface area contributed by atoms with Crippen molar-refractivity contribution in [3.05, 3.63) is 12.3 Å². The molecule has 2 heteroatoms. The van der Waals surface area contributed by atoms with Crippen LogP contribution in [0.2, 0.25) is 0 Å². The molecule has 1 aliphatic heterocycles. The molecule has 0 amide bonds. The lowest BCUT2D eigenvalue weighted by atomic mass is 9.69. The highest BCUT2D eigenvalue weighted by molar-refractivity contribution is 5.20. The quantitative estimate of drug-likeness (QED) is 0.787. The maximum atomic E-state index is 6.32. The van der Waals surface area contributed by atoms with Crippen molar-refractivity contribution >= 4 is 0 Å². The molecule has 0 aliphatic carbocycles. The van der Waals surface area contributed by atoms with E-state index in [2.05, 4.69) is 59.9 Å². The van der Waals surface area contributed by atoms with Crippen molar-refractivity contribution in [2.75, 3.05) is 0 Å². The first-order chi connectivity index (χ1) is 8.64. The minimum atomic E-state index is -0.0409. The van der Waals surface area contributed by atoms with Gasteiger partial charge in [-0.25, -0.2) is 0 Å². The van der Waals surface area contributed by atoms with E-state index >= 15 is 0 Å². The zero-order valence-electron chi connectivity index (χ0n) is 14.0. The van der Waals surface area contributed by atoms with Gasteiger partial charge in [-0.05, 0) is 37.5 Å². The van der Waals surface area contributed by atoms with Gasteiger partial charge >= 0.3 is 0 Å². The van der Waals surface area contributed by atoms with Gasteiger partial charge in [-0.3, -0.25) is 4.90 Å². The lowest BCUT2D eigenvalue weighted by Gasteiger charge is -2.61. The van der Waals surface area contributed by atoms with Crippen LogP contribution >= 0.6 is 0 Å². The van der Waals surface area contributed by atoms with E-state index in [0.29, 0.717) is 29.8 Å². The maximum absolute atomic E-state index is 6.32. The van der Waals surface area contributed by atoms with Crippen LogP contribution in [0.3, 0.4) is 0 Å². The molecule has 19 heavy (non-hydrogen) atoms. The fourth-order valence-corrected chi connectivity index (χ4v) is 3.98. The third-order valence-corrected chi connectivity index (χ3v) is 4.88. The van der Waals surface area contributed by atoms with Crippen LogP contribution < -0.4 is 5.73 Å². The fraction of sp³-hybridized carbons (Fsp3) is 0.882. The van der Waals surface area contributed by atoms with Gasteiger partial charge in [0.15, 0.2) is 0 Å². The fourth-order valence-electron chi connectivity index (χ4n) is 3.98. The maximum Gasteiger partial charge on any atom is 0.0630 e. The molecule has 0 radical (unpaired) electrons. The van der Waals surface area contributed by atoms with Crippen molar-refractivity contribution in [2.45, 2.75) is 78.9 Å². The Balaban J connectivity index is 3.17. The first-order valence-electron chi connectivity index (χ1n) is 7.87. The molecule has 0 aromatic rings. The third kappa shape index (κ3) is 2.84. The third-order valence-electron chi connectivity index (χ3n) is 4.88. The van der Waals surface area contributed by atoms with Crippen molar-refractivity contribution in [1.82, 2.24) is 4.90 Å². The molecule has 1 saturated heterocycles. The van der Waals surface area contributed by atoms with Crippen LogP contribution in [0.4, 0.5) is 0 Å². The Hall–Kier alpha value is -0.500. The summed E-state index contributed by atoms with van der Waals surface area (Å²) in [7, 11) is 0. The van der Waals surface area contributed by atoms with Crippen LogP contribution in [-0.2, 0) is 0 Å². The molecule has 0 aromatic heterocycles. The van der Waals surface area contributed by atoms with Gasteiger partial charge in [0, 0.05) is 17.8 Å². The minimum Gasteiger partial charge on any atom is -0.401 e. The predicted molar refractivity (Wildman–Crippen MR) is 84.9 cm³/mol. The van der Waals surface area contributed by atoms with Gasteiger partial charge in [0.2, 0.25) is 0 Å². The lowest BCUT2D eigenvalue weighted by molar-refractivity contribution is -0.103. The number of nitrogens with zero attached hydrogens (tertiary/aromatic N) is 1. The van der Waals surface area contributed by atoms with Crippen LogP contribution in [0.15, 0.2) is 12.3 Å². The monoisotopic (exact) mass is 266 g/mol. The zero-order chi connectivity index (χ0) is 15.0. The Labute approximate surface area is 120 Å². The highest BCUT2D eigenvalue weighted by atomic mass is 15.3. The SMILES string of the molecule is C=C(N)C(CC(C)C)(C(C)C)N1C(C)CC1C(C)C. The first kappa shape index (κ1) is 16.6. The van der Waals surface area contributed by atoms with E-state index in [9.17, 15) is 0 Å². The second kappa shape index (κ2) is 5.87. The average molecular weight is 266 g/mol. The van der Waals surface area contributed by atoms with E-state index in [1.165, 1.54) is 6.42 Å². The summed E-state index contributed by atoms with van der Waals surface area (Å²) in [5.41, 5.74) is 7.13. The highest BCUT2D eigenvalue weighted by Crippen LogP contribution is 2.46. The number of nitrogens with two attached hydrogens (primary N) is 1. The second-order valence-electron chi connectivity index (χ2n) is 7.51. The van der Waals surface area contributed by atoms with Crippen molar-refractivity contribution in [1.29, 1.82) is 0 Å². The zero-order valence-corrected chi connectivity index (χ0v) is 14.0. The van der Waals surface area contributed by atoms with Crippen LogP contribution in [0, 0.1) is 17.8 Å². The summed E-state index contributed by atoms with van der Waals surface area (Å²) < 4.78 is 0. The van der Waals surface area contributed by atoms with Gasteiger partial charge in [-0.1, -0.05) is 48.1 Å². The van der Waals surface area contributed by atoms with E-state index in [1.807, 2.05) is 0 Å². The van der Waals surface area contributed by atoms with Gasteiger partial charge in [-0.2, -0.15) is 0 Å². The molecule has 3 unspecified atom stereocenters. The Morgan fingerprint density at radius 1 is 1.26 bits per heavy atom. The molecule has 1 heterocycles. The van der Waals surface area contributed by atoms with Crippen LogP contribution in [0.5, 0.6) is 0 Å². The Kier molecular flexibility index (Phi) is 5.11. The highest BCUT2D eigenvalue weighted by Gasteiger charge is 2.52. The molecule has 112 valence electrons. The van der Waals surface area contributed by atoms with E-state index in [-0.39, 0.29) is 5.54 Å². The van der Waals surface area contributed by atoms with Crippen molar-refractivity contribution in [2.24, 2.45) is 23.5 Å². The topological polar surface area (TPSA) is 29.3 Å². The Bertz CT molecular complexity index is 319. The first-order valence-corrected chi connectivity index (χ1v) is 7.87. The number of rotatable bonds is 6. The summed E-state index contributed by atoms with van der Waals surface area (Å²) in [6.45, 7) is 20.3. The summed E-state index contributed by atoms with van der Waals surface area (Å²) in [6.07, 6.45) is 2.39. The molecule has 0 spiro atoms. The summed E-state index contributed by atoms with van der Waals surface area (Å²) in [5, 5.41) is 0. The van der Waals surface area contributed by atoms with Crippen molar-refractivity contribution < 1.29 is 0 Å². The molecule has 1 fully saturated rings. The molecular weight excluding hydrogens is 232 g/mol. The Morgan fingerprint density at radius 3 is 2.05 bits per heavy atom. The minimum absolute atomic E-state index is 0.0409.